The maximum absolute atomic E-state index is 12.6. The van der Waals surface area contributed by atoms with Gasteiger partial charge in [0.15, 0.2) is 0 Å². The third-order valence-electron chi connectivity index (χ3n) is 5.06. The fourth-order valence-electron chi connectivity index (χ4n) is 3.58. The number of aromatic nitrogens is 2. The number of rotatable bonds is 8. The molecule has 2 aromatic rings. The summed E-state index contributed by atoms with van der Waals surface area (Å²) in [7, 11) is 1.64. The standard InChI is InChI=1S/C21H29N3O3/c1-3-4-7-16(25)13-24-10-9-19-18(14-24)21(26)23-20(22-19)12-15-6-5-8-17(11-15)27-2/h5-6,8,11,16,25H,3-4,7,9-10,12-14H2,1-2H3,(H,22,23,26). The fourth-order valence-corrected chi connectivity index (χ4v) is 3.58. The molecule has 1 unspecified atom stereocenters. The van der Waals surface area contributed by atoms with Crippen molar-refractivity contribution in [3.63, 3.8) is 0 Å². The second-order valence-corrected chi connectivity index (χ2v) is 7.25. The first kappa shape index (κ1) is 19.6. The average Bonchev–Trinajstić information content (AvgIpc) is 2.67. The molecule has 27 heavy (non-hydrogen) atoms. The Balaban J connectivity index is 1.69. The number of unbranched alkanes of at least 4 members (excludes halogenated alkanes) is 1. The topological polar surface area (TPSA) is 78.5 Å². The van der Waals surface area contributed by atoms with Crippen LogP contribution < -0.4 is 10.3 Å². The molecule has 1 aromatic carbocycles. The maximum Gasteiger partial charge on any atom is 0.255 e. The number of hydrogen-bond acceptors (Lipinski definition) is 5. The summed E-state index contributed by atoms with van der Waals surface area (Å²) in [5.74, 6) is 1.48. The lowest BCUT2D eigenvalue weighted by molar-refractivity contribution is 0.0960. The van der Waals surface area contributed by atoms with E-state index < -0.39 is 0 Å². The smallest absolute Gasteiger partial charge is 0.255 e. The predicted molar refractivity (Wildman–Crippen MR) is 105 cm³/mol. The van der Waals surface area contributed by atoms with Crippen molar-refractivity contribution in [2.75, 3.05) is 20.2 Å². The van der Waals surface area contributed by atoms with Crippen LogP contribution in [0, 0.1) is 0 Å². The third kappa shape index (κ3) is 5.17. The summed E-state index contributed by atoms with van der Waals surface area (Å²) in [5.41, 5.74) is 2.61. The Hall–Kier alpha value is -2.18. The Morgan fingerprint density at radius 1 is 1.41 bits per heavy atom. The van der Waals surface area contributed by atoms with Gasteiger partial charge in [-0.1, -0.05) is 31.9 Å². The van der Waals surface area contributed by atoms with E-state index in [4.69, 9.17) is 9.72 Å². The van der Waals surface area contributed by atoms with Gasteiger partial charge < -0.3 is 14.8 Å². The normalized spacial score (nSPS) is 15.4. The number of aromatic amines is 1. The van der Waals surface area contributed by atoms with Crippen LogP contribution in [0.5, 0.6) is 5.75 Å². The van der Waals surface area contributed by atoms with Crippen LogP contribution in [-0.2, 0) is 19.4 Å². The van der Waals surface area contributed by atoms with E-state index in [0.29, 0.717) is 25.3 Å². The number of methoxy groups -OCH3 is 1. The number of fused-ring (bicyclic) bond motifs is 1. The van der Waals surface area contributed by atoms with Gasteiger partial charge in [0.2, 0.25) is 0 Å². The third-order valence-corrected chi connectivity index (χ3v) is 5.06. The molecule has 0 saturated carbocycles. The van der Waals surface area contributed by atoms with E-state index in [1.54, 1.807) is 7.11 Å². The Bertz CT molecular complexity index is 819. The number of ether oxygens (including phenoxy) is 1. The molecule has 6 nitrogen and oxygen atoms in total. The number of aliphatic hydroxyl groups excluding tert-OH is 1. The van der Waals surface area contributed by atoms with Crippen LogP contribution in [0.4, 0.5) is 0 Å². The summed E-state index contributed by atoms with van der Waals surface area (Å²) in [5, 5.41) is 10.1. The highest BCUT2D eigenvalue weighted by molar-refractivity contribution is 5.31. The van der Waals surface area contributed by atoms with E-state index in [-0.39, 0.29) is 11.7 Å². The highest BCUT2D eigenvalue weighted by Gasteiger charge is 2.22. The van der Waals surface area contributed by atoms with Crippen LogP contribution in [0.3, 0.4) is 0 Å². The highest BCUT2D eigenvalue weighted by atomic mass is 16.5. The van der Waals surface area contributed by atoms with E-state index in [9.17, 15) is 9.90 Å². The number of benzene rings is 1. The van der Waals surface area contributed by atoms with Crippen molar-refractivity contribution in [3.8, 4) is 5.75 Å². The summed E-state index contributed by atoms with van der Waals surface area (Å²) in [6, 6.07) is 7.79. The zero-order valence-electron chi connectivity index (χ0n) is 16.2. The summed E-state index contributed by atoms with van der Waals surface area (Å²) in [4.78, 5) is 22.4. The Morgan fingerprint density at radius 3 is 3.04 bits per heavy atom. The molecule has 0 radical (unpaired) electrons. The van der Waals surface area contributed by atoms with Crippen molar-refractivity contribution in [2.24, 2.45) is 0 Å². The number of hydrogen-bond donors (Lipinski definition) is 2. The van der Waals surface area contributed by atoms with Crippen LogP contribution in [0.15, 0.2) is 29.1 Å². The van der Waals surface area contributed by atoms with Gasteiger partial charge in [0, 0.05) is 32.5 Å². The summed E-state index contributed by atoms with van der Waals surface area (Å²) in [6.07, 6.45) is 3.91. The van der Waals surface area contributed by atoms with Gasteiger partial charge in [0.1, 0.15) is 11.6 Å². The molecule has 146 valence electrons. The van der Waals surface area contributed by atoms with Crippen LogP contribution in [0.2, 0.25) is 0 Å². The summed E-state index contributed by atoms with van der Waals surface area (Å²) >= 11 is 0. The maximum atomic E-state index is 12.6. The lowest BCUT2D eigenvalue weighted by atomic mass is 10.0. The molecule has 2 N–H and O–H groups in total. The molecular formula is C21H29N3O3. The van der Waals surface area contributed by atoms with Gasteiger partial charge in [-0.05, 0) is 24.1 Å². The van der Waals surface area contributed by atoms with Crippen LogP contribution in [-0.4, -0.2) is 46.3 Å². The zero-order chi connectivity index (χ0) is 19.2. The van der Waals surface area contributed by atoms with Crippen LogP contribution in [0.25, 0.3) is 0 Å². The van der Waals surface area contributed by atoms with Crippen molar-refractivity contribution in [1.29, 1.82) is 0 Å². The first-order valence-electron chi connectivity index (χ1n) is 9.73. The Kier molecular flexibility index (Phi) is 6.63. The highest BCUT2D eigenvalue weighted by Crippen LogP contribution is 2.18. The molecular weight excluding hydrogens is 342 g/mol. The second kappa shape index (κ2) is 9.15. The number of nitrogens with one attached hydrogen (secondary N) is 1. The fraction of sp³-hybridized carbons (Fsp3) is 0.524. The average molecular weight is 371 g/mol. The van der Waals surface area contributed by atoms with Gasteiger partial charge in [-0.2, -0.15) is 0 Å². The van der Waals surface area contributed by atoms with E-state index in [2.05, 4.69) is 16.8 Å². The first-order chi connectivity index (χ1) is 13.1. The second-order valence-electron chi connectivity index (χ2n) is 7.25. The van der Waals surface area contributed by atoms with Crippen molar-refractivity contribution < 1.29 is 9.84 Å². The van der Waals surface area contributed by atoms with Crippen LogP contribution in [0.1, 0.15) is 48.8 Å². The SMILES string of the molecule is CCCCC(O)CN1CCc2nc(Cc3cccc(OC)c3)[nH]c(=O)c2C1. The van der Waals surface area contributed by atoms with Crippen LogP contribution >= 0.6 is 0 Å². The Morgan fingerprint density at radius 2 is 2.26 bits per heavy atom. The van der Waals surface area contributed by atoms with E-state index in [0.717, 1.165) is 54.8 Å². The summed E-state index contributed by atoms with van der Waals surface area (Å²) < 4.78 is 5.26. The largest absolute Gasteiger partial charge is 0.497 e. The molecule has 6 heteroatoms. The molecule has 0 amide bonds. The number of nitrogens with zero attached hydrogens (tertiary/aromatic N) is 2. The lowest BCUT2D eigenvalue weighted by Gasteiger charge is -2.29. The van der Waals surface area contributed by atoms with Gasteiger partial charge in [-0.15, -0.1) is 0 Å². The molecule has 1 aromatic heterocycles. The minimum absolute atomic E-state index is 0.0642. The predicted octanol–water partition coefficient (Wildman–Crippen LogP) is 2.28. The van der Waals surface area contributed by atoms with Gasteiger partial charge in [0.25, 0.3) is 5.56 Å². The van der Waals surface area contributed by atoms with Crippen molar-refractivity contribution >= 4 is 0 Å². The van der Waals surface area contributed by atoms with E-state index in [1.807, 2.05) is 24.3 Å². The minimum atomic E-state index is -0.328. The molecule has 0 bridgehead atoms. The van der Waals surface area contributed by atoms with E-state index >= 15 is 0 Å². The van der Waals surface area contributed by atoms with Crippen molar-refractivity contribution in [1.82, 2.24) is 14.9 Å². The molecule has 1 atom stereocenters. The van der Waals surface area contributed by atoms with Crippen molar-refractivity contribution in [3.05, 3.63) is 57.3 Å². The lowest BCUT2D eigenvalue weighted by Crippen LogP contribution is -2.40. The number of H-pyrrole nitrogens is 1. The zero-order valence-corrected chi connectivity index (χ0v) is 16.2. The van der Waals surface area contributed by atoms with E-state index in [1.165, 1.54) is 0 Å². The summed E-state index contributed by atoms with van der Waals surface area (Å²) in [6.45, 7) is 4.12. The molecule has 0 saturated heterocycles. The van der Waals surface area contributed by atoms with Gasteiger partial charge in [0.05, 0.1) is 24.5 Å². The van der Waals surface area contributed by atoms with Gasteiger partial charge in [-0.25, -0.2) is 4.98 Å². The van der Waals surface area contributed by atoms with Crippen molar-refractivity contribution in [2.45, 2.75) is 51.7 Å². The molecule has 2 heterocycles. The molecule has 0 spiro atoms. The number of β-amino-alcohol motifs (C(OH)–C–C–N with tert-alkyl or cyclic N) is 1. The molecule has 0 fully saturated rings. The molecule has 1 aliphatic heterocycles. The van der Waals surface area contributed by atoms with Gasteiger partial charge in [-0.3, -0.25) is 9.69 Å². The molecule has 1 aliphatic rings. The monoisotopic (exact) mass is 371 g/mol. The number of aliphatic hydroxyl groups is 1. The first-order valence-corrected chi connectivity index (χ1v) is 9.73. The molecule has 0 aliphatic carbocycles. The Labute approximate surface area is 160 Å². The minimum Gasteiger partial charge on any atom is -0.497 e. The quantitative estimate of drug-likeness (QED) is 0.744. The molecule has 3 rings (SSSR count). The van der Waals surface area contributed by atoms with Gasteiger partial charge >= 0.3 is 0 Å².